The van der Waals surface area contributed by atoms with Crippen LogP contribution >= 0.6 is 0 Å². The first-order chi connectivity index (χ1) is 15.2. The van der Waals surface area contributed by atoms with Crippen molar-refractivity contribution in [3.63, 3.8) is 0 Å². The molecule has 0 aliphatic carbocycles. The number of hydrogen-bond acceptors (Lipinski definition) is 7. The smallest absolute Gasteiger partial charge is 0.249 e. The van der Waals surface area contributed by atoms with Crippen molar-refractivity contribution in [2.75, 3.05) is 14.2 Å². The lowest BCUT2D eigenvalue weighted by atomic mass is 9.67. The van der Waals surface area contributed by atoms with Gasteiger partial charge in [0.15, 0.2) is 11.5 Å². The summed E-state index contributed by atoms with van der Waals surface area (Å²) in [4.78, 5) is 5.87. The van der Waals surface area contributed by atoms with Crippen molar-refractivity contribution in [2.45, 2.75) is 51.1 Å². The second kappa shape index (κ2) is 6.90. The number of benzene rings is 2. The molecule has 0 fully saturated rings. The van der Waals surface area contributed by atoms with Gasteiger partial charge in [-0.25, -0.2) is 0 Å². The highest BCUT2D eigenvalue weighted by atomic mass is 16.8. The Bertz CT molecular complexity index is 1170. The Morgan fingerprint density at radius 1 is 1.19 bits per heavy atom. The molecule has 7 heteroatoms. The summed E-state index contributed by atoms with van der Waals surface area (Å²) in [5.41, 5.74) is 3.94. The van der Waals surface area contributed by atoms with Gasteiger partial charge >= 0.3 is 0 Å². The van der Waals surface area contributed by atoms with E-state index in [2.05, 4.69) is 11.7 Å². The van der Waals surface area contributed by atoms with Crippen LogP contribution in [0.15, 0.2) is 41.6 Å². The molecule has 5 rings (SSSR count). The lowest BCUT2D eigenvalue weighted by Crippen LogP contribution is -2.54. The largest absolute Gasteiger partial charge is 0.507 e. The normalized spacial score (nSPS) is 27.4. The number of ether oxygens (including phenoxy) is 4. The van der Waals surface area contributed by atoms with Gasteiger partial charge in [0.25, 0.3) is 0 Å². The van der Waals surface area contributed by atoms with Crippen molar-refractivity contribution in [1.29, 1.82) is 0 Å². The molecule has 2 unspecified atom stereocenters. The molecule has 32 heavy (non-hydrogen) atoms. The standard InChI is InChI=1S/C25H27NO6/c1-13(2)19-10-16-18(31-19)8-7-15(22(16)27)23-24(3)17-11-21(29-6)20(28-5)9-14(17)12-30-25(24,4)32-26-23/h7-9,11,19,27H,1,10,12H2,2-6H3/t19-,24?,25?/m1/s1. The summed E-state index contributed by atoms with van der Waals surface area (Å²) in [7, 11) is 3.21. The molecule has 3 aliphatic rings. The maximum absolute atomic E-state index is 11.3. The maximum atomic E-state index is 11.3. The average Bonchev–Trinajstić information content (AvgIpc) is 3.34. The summed E-state index contributed by atoms with van der Waals surface area (Å²) in [5.74, 6) is 1.00. The van der Waals surface area contributed by atoms with Gasteiger partial charge in [0.1, 0.15) is 28.7 Å². The van der Waals surface area contributed by atoms with Gasteiger partial charge in [-0.3, -0.25) is 0 Å². The Labute approximate surface area is 187 Å². The second-order valence-corrected chi connectivity index (χ2v) is 8.85. The summed E-state index contributed by atoms with van der Waals surface area (Å²) in [6, 6.07) is 7.56. The third-order valence-corrected chi connectivity index (χ3v) is 7.05. The quantitative estimate of drug-likeness (QED) is 0.722. The number of phenols is 1. The maximum Gasteiger partial charge on any atom is 0.249 e. The van der Waals surface area contributed by atoms with Crippen molar-refractivity contribution in [1.82, 2.24) is 0 Å². The summed E-state index contributed by atoms with van der Waals surface area (Å²) >= 11 is 0. The van der Waals surface area contributed by atoms with Crippen LogP contribution in [0.25, 0.3) is 0 Å². The molecule has 0 spiro atoms. The molecule has 0 bridgehead atoms. The van der Waals surface area contributed by atoms with Crippen LogP contribution in [0.2, 0.25) is 0 Å². The average molecular weight is 437 g/mol. The van der Waals surface area contributed by atoms with Gasteiger partial charge in [-0.1, -0.05) is 11.7 Å². The minimum atomic E-state index is -1.04. The molecule has 1 N–H and O–H groups in total. The summed E-state index contributed by atoms with van der Waals surface area (Å²) < 4.78 is 23.2. The van der Waals surface area contributed by atoms with Gasteiger partial charge < -0.3 is 28.9 Å². The molecular formula is C25H27NO6. The predicted molar refractivity (Wildman–Crippen MR) is 119 cm³/mol. The second-order valence-electron chi connectivity index (χ2n) is 8.85. The first-order valence-corrected chi connectivity index (χ1v) is 10.6. The number of oxime groups is 1. The third kappa shape index (κ3) is 2.60. The van der Waals surface area contributed by atoms with Crippen molar-refractivity contribution < 1.29 is 28.9 Å². The van der Waals surface area contributed by atoms with Crippen LogP contribution < -0.4 is 14.2 Å². The van der Waals surface area contributed by atoms with Crippen LogP contribution in [0.1, 0.15) is 43.0 Å². The Hall–Kier alpha value is -3.19. The zero-order valence-corrected chi connectivity index (χ0v) is 18.9. The number of aromatic hydroxyl groups is 1. The highest BCUT2D eigenvalue weighted by Gasteiger charge is 2.61. The number of fused-ring (bicyclic) bond motifs is 4. The molecule has 3 heterocycles. The zero-order valence-electron chi connectivity index (χ0n) is 18.9. The summed E-state index contributed by atoms with van der Waals surface area (Å²) in [6.45, 7) is 10.1. The van der Waals surface area contributed by atoms with E-state index < -0.39 is 11.2 Å². The molecular weight excluding hydrogens is 410 g/mol. The van der Waals surface area contributed by atoms with Crippen molar-refractivity contribution in [3.05, 3.63) is 58.7 Å². The molecule has 0 saturated heterocycles. The molecule has 2 aromatic carbocycles. The van der Waals surface area contributed by atoms with E-state index in [9.17, 15) is 5.11 Å². The molecule has 168 valence electrons. The molecule has 0 amide bonds. The van der Waals surface area contributed by atoms with Crippen LogP contribution in [-0.2, 0) is 28.0 Å². The molecule has 3 atom stereocenters. The van der Waals surface area contributed by atoms with Crippen LogP contribution in [-0.4, -0.2) is 36.9 Å². The Morgan fingerprint density at radius 3 is 2.59 bits per heavy atom. The minimum absolute atomic E-state index is 0.145. The fourth-order valence-corrected chi connectivity index (χ4v) is 4.88. The van der Waals surface area contributed by atoms with Gasteiger partial charge in [0.05, 0.1) is 20.8 Å². The number of phenolic OH excluding ortho intramolecular Hbond substituents is 1. The van der Waals surface area contributed by atoms with E-state index >= 15 is 0 Å². The van der Waals surface area contributed by atoms with E-state index in [0.717, 1.165) is 22.3 Å². The molecule has 0 radical (unpaired) electrons. The van der Waals surface area contributed by atoms with Gasteiger partial charge in [-0.2, -0.15) is 0 Å². The highest BCUT2D eigenvalue weighted by molar-refractivity contribution is 6.11. The minimum Gasteiger partial charge on any atom is -0.507 e. The predicted octanol–water partition coefficient (Wildman–Crippen LogP) is 4.23. The fourth-order valence-electron chi connectivity index (χ4n) is 4.88. The van der Waals surface area contributed by atoms with Crippen molar-refractivity contribution >= 4 is 5.71 Å². The molecule has 0 aromatic heterocycles. The number of rotatable bonds is 4. The topological polar surface area (TPSA) is 78.7 Å². The van der Waals surface area contributed by atoms with Crippen LogP contribution in [0.3, 0.4) is 0 Å². The Kier molecular flexibility index (Phi) is 4.47. The van der Waals surface area contributed by atoms with Gasteiger partial charge in [0, 0.05) is 24.5 Å². The van der Waals surface area contributed by atoms with E-state index in [1.54, 1.807) is 14.2 Å². The summed E-state index contributed by atoms with van der Waals surface area (Å²) in [6.07, 6.45) is 0.411. The number of nitrogens with zero attached hydrogens (tertiary/aromatic N) is 1. The van der Waals surface area contributed by atoms with Crippen molar-refractivity contribution in [3.8, 4) is 23.0 Å². The van der Waals surface area contributed by atoms with E-state index in [1.807, 2.05) is 45.0 Å². The lowest BCUT2D eigenvalue weighted by molar-refractivity contribution is -0.249. The van der Waals surface area contributed by atoms with E-state index in [-0.39, 0.29) is 11.9 Å². The van der Waals surface area contributed by atoms with Crippen LogP contribution in [0.4, 0.5) is 0 Å². The van der Waals surface area contributed by atoms with Crippen LogP contribution in [0.5, 0.6) is 23.0 Å². The van der Waals surface area contributed by atoms with Gasteiger partial charge in [-0.15, -0.1) is 0 Å². The third-order valence-electron chi connectivity index (χ3n) is 7.05. The molecule has 3 aliphatic heterocycles. The number of methoxy groups -OCH3 is 2. The Morgan fingerprint density at radius 2 is 1.91 bits per heavy atom. The van der Waals surface area contributed by atoms with E-state index in [1.165, 1.54) is 0 Å². The summed E-state index contributed by atoms with van der Waals surface area (Å²) in [5, 5.41) is 15.7. The molecule has 7 nitrogen and oxygen atoms in total. The fraction of sp³-hybridized carbons (Fsp3) is 0.400. The molecule has 0 saturated carbocycles. The lowest BCUT2D eigenvalue weighted by Gasteiger charge is -2.43. The Balaban J connectivity index is 1.66. The SMILES string of the molecule is C=C(C)[C@H]1Cc2c(ccc(C3=NOC4(C)OCc5cc(OC)c(OC)cc5C34C)c2O)O1. The van der Waals surface area contributed by atoms with Crippen LogP contribution in [0, 0.1) is 0 Å². The van der Waals surface area contributed by atoms with Gasteiger partial charge in [-0.05, 0) is 54.8 Å². The van der Waals surface area contributed by atoms with Gasteiger partial charge in [0.2, 0.25) is 5.79 Å². The monoisotopic (exact) mass is 437 g/mol. The first kappa shape index (κ1) is 20.7. The molecule has 2 aromatic rings. The zero-order chi connectivity index (χ0) is 22.8. The van der Waals surface area contributed by atoms with Crippen molar-refractivity contribution in [2.24, 2.45) is 5.16 Å². The van der Waals surface area contributed by atoms with E-state index in [0.29, 0.717) is 41.6 Å². The van der Waals surface area contributed by atoms with E-state index in [4.69, 9.17) is 23.8 Å². The highest BCUT2D eigenvalue weighted by Crippen LogP contribution is 2.54. The first-order valence-electron chi connectivity index (χ1n) is 10.6. The number of hydrogen-bond donors (Lipinski definition) is 1.